The first-order valence-corrected chi connectivity index (χ1v) is 10.3. The average Bonchev–Trinajstić information content (AvgIpc) is 2.72. The highest BCUT2D eigenvalue weighted by atomic mass is 127. The maximum Gasteiger partial charge on any atom is 0.253 e. The van der Waals surface area contributed by atoms with E-state index >= 15 is 0 Å². The van der Waals surface area contributed by atoms with Gasteiger partial charge in [-0.3, -0.25) is 9.79 Å². The van der Waals surface area contributed by atoms with Crippen molar-refractivity contribution in [3.05, 3.63) is 71.3 Å². The molecular formula is C24H33IN4O. The molecule has 2 aromatic rings. The molecule has 162 valence electrons. The normalized spacial score (nSPS) is 14.8. The average molecular weight is 520 g/mol. The Morgan fingerprint density at radius 3 is 2.40 bits per heavy atom. The number of carbonyl (C=O) groups excluding carboxylic acids is 1. The molecule has 6 heteroatoms. The van der Waals surface area contributed by atoms with Crippen LogP contribution in [-0.4, -0.2) is 51.0 Å². The molecule has 0 atom stereocenters. The fourth-order valence-electron chi connectivity index (χ4n) is 3.88. The van der Waals surface area contributed by atoms with Crippen LogP contribution in [0.2, 0.25) is 0 Å². The molecule has 1 aliphatic carbocycles. The molecule has 1 saturated carbocycles. The van der Waals surface area contributed by atoms with Crippen molar-refractivity contribution < 1.29 is 4.79 Å². The van der Waals surface area contributed by atoms with Crippen LogP contribution in [0.25, 0.3) is 0 Å². The van der Waals surface area contributed by atoms with Crippen molar-refractivity contribution >= 4 is 35.8 Å². The number of aliphatic imine (C=N–C) groups is 1. The first-order valence-electron chi connectivity index (χ1n) is 10.3. The second kappa shape index (κ2) is 11.3. The first-order chi connectivity index (χ1) is 14.0. The Labute approximate surface area is 197 Å². The van der Waals surface area contributed by atoms with Gasteiger partial charge in [0.1, 0.15) is 0 Å². The molecule has 0 aliphatic heterocycles. The second-order valence-electron chi connectivity index (χ2n) is 8.00. The minimum absolute atomic E-state index is 0. The van der Waals surface area contributed by atoms with E-state index in [1.54, 1.807) is 19.0 Å². The molecular weight excluding hydrogens is 487 g/mol. The number of halogens is 1. The zero-order valence-electron chi connectivity index (χ0n) is 18.1. The van der Waals surface area contributed by atoms with Crippen LogP contribution in [0.4, 0.5) is 0 Å². The SMILES string of the molecule is CN=C(NCCc1cccc(C(=O)N(C)C)c1)NCC1(c2ccccc2)CCC1.I. The third-order valence-electron chi connectivity index (χ3n) is 5.80. The maximum absolute atomic E-state index is 12.1. The Bertz CT molecular complexity index is 847. The lowest BCUT2D eigenvalue weighted by Gasteiger charge is -2.43. The Morgan fingerprint density at radius 2 is 1.80 bits per heavy atom. The smallest absolute Gasteiger partial charge is 0.253 e. The van der Waals surface area contributed by atoms with Gasteiger partial charge in [0.05, 0.1) is 0 Å². The van der Waals surface area contributed by atoms with E-state index in [4.69, 9.17) is 0 Å². The number of nitrogens with zero attached hydrogens (tertiary/aromatic N) is 2. The standard InChI is InChI=1S/C24H32N4O.HI/c1-25-23(27-18-24(14-8-15-24)21-11-5-4-6-12-21)26-16-13-19-9-7-10-20(17-19)22(29)28(2)3;/h4-7,9-12,17H,8,13-16,18H2,1-3H3,(H2,25,26,27);1H. The molecule has 5 nitrogen and oxygen atoms in total. The zero-order valence-corrected chi connectivity index (χ0v) is 20.5. The fraction of sp³-hybridized carbons (Fsp3) is 0.417. The van der Waals surface area contributed by atoms with Gasteiger partial charge in [-0.05, 0) is 42.5 Å². The molecule has 0 aromatic heterocycles. The van der Waals surface area contributed by atoms with E-state index in [1.165, 1.54) is 24.8 Å². The molecule has 0 bridgehead atoms. The lowest BCUT2D eigenvalue weighted by Crippen LogP contribution is -2.49. The number of rotatable bonds is 7. The van der Waals surface area contributed by atoms with Gasteiger partial charge in [-0.15, -0.1) is 24.0 Å². The van der Waals surface area contributed by atoms with E-state index in [0.29, 0.717) is 0 Å². The van der Waals surface area contributed by atoms with Crippen LogP contribution in [0.3, 0.4) is 0 Å². The summed E-state index contributed by atoms with van der Waals surface area (Å²) in [5.74, 6) is 0.858. The van der Waals surface area contributed by atoms with Gasteiger partial charge in [0.25, 0.3) is 5.91 Å². The molecule has 3 rings (SSSR count). The molecule has 1 aliphatic rings. The largest absolute Gasteiger partial charge is 0.356 e. The Morgan fingerprint density at radius 1 is 1.07 bits per heavy atom. The van der Waals surface area contributed by atoms with Crippen molar-refractivity contribution in [2.24, 2.45) is 4.99 Å². The predicted octanol–water partition coefficient (Wildman–Crippen LogP) is 3.84. The van der Waals surface area contributed by atoms with Gasteiger partial charge >= 0.3 is 0 Å². The van der Waals surface area contributed by atoms with Crippen LogP contribution in [-0.2, 0) is 11.8 Å². The minimum atomic E-state index is 0. The van der Waals surface area contributed by atoms with Crippen LogP contribution in [0.15, 0.2) is 59.6 Å². The first kappa shape index (κ1) is 24.2. The number of hydrogen-bond donors (Lipinski definition) is 2. The quantitative estimate of drug-likeness (QED) is 0.332. The summed E-state index contributed by atoms with van der Waals surface area (Å²) < 4.78 is 0. The van der Waals surface area contributed by atoms with E-state index < -0.39 is 0 Å². The van der Waals surface area contributed by atoms with Crippen molar-refractivity contribution in [2.45, 2.75) is 31.1 Å². The number of hydrogen-bond acceptors (Lipinski definition) is 2. The Kier molecular flexibility index (Phi) is 9.14. The van der Waals surface area contributed by atoms with Gasteiger partial charge in [0.15, 0.2) is 5.96 Å². The van der Waals surface area contributed by atoms with E-state index in [0.717, 1.165) is 36.6 Å². The zero-order chi connectivity index (χ0) is 20.7. The van der Waals surface area contributed by atoms with Gasteiger partial charge in [0, 0.05) is 45.2 Å². The lowest BCUT2D eigenvalue weighted by atomic mass is 9.64. The van der Waals surface area contributed by atoms with E-state index in [-0.39, 0.29) is 35.3 Å². The van der Waals surface area contributed by atoms with Crippen LogP contribution < -0.4 is 10.6 Å². The fourth-order valence-corrected chi connectivity index (χ4v) is 3.88. The molecule has 1 fully saturated rings. The topological polar surface area (TPSA) is 56.7 Å². The van der Waals surface area contributed by atoms with Crippen LogP contribution in [0.1, 0.15) is 40.7 Å². The summed E-state index contributed by atoms with van der Waals surface area (Å²) >= 11 is 0. The van der Waals surface area contributed by atoms with Crippen LogP contribution in [0.5, 0.6) is 0 Å². The van der Waals surface area contributed by atoms with Gasteiger partial charge in [-0.2, -0.15) is 0 Å². The van der Waals surface area contributed by atoms with E-state index in [1.807, 2.05) is 25.2 Å². The van der Waals surface area contributed by atoms with Gasteiger partial charge in [0.2, 0.25) is 0 Å². The highest BCUT2D eigenvalue weighted by molar-refractivity contribution is 14.0. The summed E-state index contributed by atoms with van der Waals surface area (Å²) in [5, 5.41) is 6.92. The number of carbonyl (C=O) groups is 1. The molecule has 0 radical (unpaired) electrons. The summed E-state index contributed by atoms with van der Waals surface area (Å²) in [6.45, 7) is 1.65. The minimum Gasteiger partial charge on any atom is -0.356 e. The maximum atomic E-state index is 12.1. The van der Waals surface area contributed by atoms with Gasteiger partial charge < -0.3 is 15.5 Å². The highest BCUT2D eigenvalue weighted by Crippen LogP contribution is 2.43. The second-order valence-corrected chi connectivity index (χ2v) is 8.00. The summed E-state index contributed by atoms with van der Waals surface area (Å²) in [6.07, 6.45) is 4.55. The van der Waals surface area contributed by atoms with E-state index in [9.17, 15) is 4.79 Å². The van der Waals surface area contributed by atoms with Crippen molar-refractivity contribution in [1.29, 1.82) is 0 Å². The monoisotopic (exact) mass is 520 g/mol. The molecule has 1 amide bonds. The third kappa shape index (κ3) is 5.97. The molecule has 0 saturated heterocycles. The molecule has 30 heavy (non-hydrogen) atoms. The van der Waals surface area contributed by atoms with Crippen LogP contribution >= 0.6 is 24.0 Å². The number of amides is 1. The lowest BCUT2D eigenvalue weighted by molar-refractivity contribution is 0.0827. The van der Waals surface area contributed by atoms with Gasteiger partial charge in [-0.25, -0.2) is 0 Å². The number of nitrogens with one attached hydrogen (secondary N) is 2. The molecule has 0 unspecified atom stereocenters. The molecule has 2 N–H and O–H groups in total. The predicted molar refractivity (Wildman–Crippen MR) is 135 cm³/mol. The molecule has 2 aromatic carbocycles. The van der Waals surface area contributed by atoms with Crippen molar-refractivity contribution in [3.8, 4) is 0 Å². The third-order valence-corrected chi connectivity index (χ3v) is 5.80. The van der Waals surface area contributed by atoms with E-state index in [2.05, 4.69) is 52.0 Å². The Balaban J connectivity index is 0.00000320. The van der Waals surface area contributed by atoms with Crippen LogP contribution in [0, 0.1) is 0 Å². The van der Waals surface area contributed by atoms with Gasteiger partial charge in [-0.1, -0.05) is 48.9 Å². The van der Waals surface area contributed by atoms with Crippen molar-refractivity contribution in [2.75, 3.05) is 34.2 Å². The number of guanidine groups is 1. The van der Waals surface area contributed by atoms with Crippen molar-refractivity contribution in [1.82, 2.24) is 15.5 Å². The number of benzene rings is 2. The summed E-state index contributed by atoms with van der Waals surface area (Å²) in [7, 11) is 5.36. The molecule has 0 heterocycles. The highest BCUT2D eigenvalue weighted by Gasteiger charge is 2.38. The molecule has 0 spiro atoms. The summed E-state index contributed by atoms with van der Waals surface area (Å²) in [4.78, 5) is 18.1. The Hall–Kier alpha value is -2.09. The summed E-state index contributed by atoms with van der Waals surface area (Å²) in [5.41, 5.74) is 3.50. The summed E-state index contributed by atoms with van der Waals surface area (Å²) in [6, 6.07) is 18.6. The van der Waals surface area contributed by atoms with Crippen molar-refractivity contribution in [3.63, 3.8) is 0 Å².